The van der Waals surface area contributed by atoms with Crippen LogP contribution in [0, 0.1) is 58.5 Å². The fourth-order valence-electron chi connectivity index (χ4n) is 9.54. The molecule has 0 fully saturated rings. The van der Waals surface area contributed by atoms with Gasteiger partial charge in [0.15, 0.2) is 0 Å². The van der Waals surface area contributed by atoms with Crippen LogP contribution < -0.4 is 0 Å². The summed E-state index contributed by atoms with van der Waals surface area (Å²) in [5, 5.41) is 0. The largest absolute Gasteiger partial charge is 0.146 e. The molecule has 5 rings (SSSR count). The van der Waals surface area contributed by atoms with E-state index in [0.29, 0.717) is 38.8 Å². The standard InChI is InChI=1S/C58H62Si2/c1-43(2)59(44(3)4,45(5)6)41-39-50(40-42-60(46(7)8,47(9)10)48(11)12)49-33-35-55(57(51-25-17-13-18-26-51)52-27-19-14-20-28-52)37-38-56(36-34-49)58(53-29-21-15-22-30-53)54-31-23-16-24-32-54/h13-32,43-48H,1-12H3. The van der Waals surface area contributed by atoms with Gasteiger partial charge in [0.2, 0.25) is 0 Å². The molecule has 60 heavy (non-hydrogen) atoms. The van der Waals surface area contributed by atoms with E-state index < -0.39 is 16.1 Å². The molecule has 0 atom stereocenters. The first-order valence-electron chi connectivity index (χ1n) is 21.8. The summed E-state index contributed by atoms with van der Waals surface area (Å²) in [5.41, 5.74) is 19.8. The van der Waals surface area contributed by atoms with Gasteiger partial charge in [-0.1, -0.05) is 240 Å². The lowest BCUT2D eigenvalue weighted by molar-refractivity contribution is 0.838. The minimum absolute atomic E-state index is 0.466. The molecule has 0 nitrogen and oxygen atoms in total. The molecule has 1 aliphatic carbocycles. The Morgan fingerprint density at radius 3 is 0.767 bits per heavy atom. The lowest BCUT2D eigenvalue weighted by atomic mass is 9.91. The summed E-state index contributed by atoms with van der Waals surface area (Å²) in [6.07, 6.45) is 0. The van der Waals surface area contributed by atoms with Crippen molar-refractivity contribution in [2.24, 2.45) is 0 Å². The topological polar surface area (TPSA) is 0 Å². The molecule has 0 unspecified atom stereocenters. The van der Waals surface area contributed by atoms with Crippen LogP contribution in [0.25, 0.3) is 11.1 Å². The summed E-state index contributed by atoms with van der Waals surface area (Å²) in [6, 6.07) is 41.9. The maximum atomic E-state index is 4.03. The van der Waals surface area contributed by atoms with Crippen molar-refractivity contribution in [2.45, 2.75) is 116 Å². The molecule has 2 heteroatoms. The van der Waals surface area contributed by atoms with E-state index in [1.54, 1.807) is 0 Å². The van der Waals surface area contributed by atoms with Crippen LogP contribution in [0.15, 0.2) is 144 Å². The molecule has 0 saturated heterocycles. The van der Waals surface area contributed by atoms with Crippen LogP contribution in [0.1, 0.15) is 105 Å². The quantitative estimate of drug-likeness (QED) is 0.110. The van der Waals surface area contributed by atoms with Crippen molar-refractivity contribution >= 4 is 27.3 Å². The number of rotatable bonds is 10. The molecular formula is C58H62Si2. The minimum atomic E-state index is -2.16. The highest BCUT2D eigenvalue weighted by Gasteiger charge is 2.43. The summed E-state index contributed by atoms with van der Waals surface area (Å²) in [6.45, 7) is 28.4. The second-order valence-electron chi connectivity index (χ2n) is 17.8. The molecule has 0 aliphatic heterocycles. The number of hydrogen-bond acceptors (Lipinski definition) is 0. The van der Waals surface area contributed by atoms with Crippen molar-refractivity contribution in [2.75, 3.05) is 0 Å². The van der Waals surface area contributed by atoms with Crippen molar-refractivity contribution < 1.29 is 0 Å². The molecule has 4 aromatic carbocycles. The maximum absolute atomic E-state index is 4.03. The van der Waals surface area contributed by atoms with Crippen molar-refractivity contribution in [1.82, 2.24) is 0 Å². The van der Waals surface area contributed by atoms with Crippen molar-refractivity contribution in [1.29, 1.82) is 0 Å². The number of allylic oxidation sites excluding steroid dienone is 4. The second kappa shape index (κ2) is 20.5. The highest BCUT2D eigenvalue weighted by molar-refractivity contribution is 6.91. The van der Waals surface area contributed by atoms with Gasteiger partial charge in [0.1, 0.15) is 16.1 Å². The normalized spacial score (nSPS) is 12.5. The lowest BCUT2D eigenvalue weighted by Gasteiger charge is -2.38. The first kappa shape index (κ1) is 45.4. The zero-order valence-electron chi connectivity index (χ0n) is 38.0. The van der Waals surface area contributed by atoms with Gasteiger partial charge in [0.05, 0.1) is 22.3 Å². The third kappa shape index (κ3) is 10.0. The van der Waals surface area contributed by atoms with Crippen molar-refractivity contribution in [3.63, 3.8) is 0 Å². The summed E-state index contributed by atoms with van der Waals surface area (Å²) in [7, 11) is -4.31. The van der Waals surface area contributed by atoms with Gasteiger partial charge >= 0.3 is 0 Å². The zero-order chi connectivity index (χ0) is 43.5. The summed E-state index contributed by atoms with van der Waals surface area (Å²) in [5.74, 6) is 29.3. The number of hydrogen-bond donors (Lipinski definition) is 0. The average Bonchev–Trinajstić information content (AvgIpc) is 3.33. The zero-order valence-corrected chi connectivity index (χ0v) is 40.0. The molecule has 302 valence electrons. The summed E-state index contributed by atoms with van der Waals surface area (Å²) < 4.78 is 0. The lowest BCUT2D eigenvalue weighted by Crippen LogP contribution is -2.43. The Morgan fingerprint density at radius 1 is 0.333 bits per heavy atom. The predicted molar refractivity (Wildman–Crippen MR) is 266 cm³/mol. The molecular weight excluding hydrogens is 753 g/mol. The van der Waals surface area contributed by atoms with Crippen LogP contribution in [-0.2, 0) is 0 Å². The molecule has 1 aliphatic rings. The van der Waals surface area contributed by atoms with Crippen LogP contribution in [0.2, 0.25) is 33.2 Å². The highest BCUT2D eigenvalue weighted by atomic mass is 28.3. The monoisotopic (exact) mass is 814 g/mol. The molecule has 0 heterocycles. The van der Waals surface area contributed by atoms with Crippen LogP contribution in [0.3, 0.4) is 0 Å². The van der Waals surface area contributed by atoms with E-state index in [0.717, 1.165) is 50.1 Å². The predicted octanol–water partition coefficient (Wildman–Crippen LogP) is 14.8. The van der Waals surface area contributed by atoms with Gasteiger partial charge in [-0.05, 0) is 67.3 Å². The molecule has 0 radical (unpaired) electrons. The molecule has 0 aromatic heterocycles. The van der Waals surface area contributed by atoms with E-state index in [1.807, 2.05) is 24.3 Å². The Kier molecular flexibility index (Phi) is 15.5. The van der Waals surface area contributed by atoms with Crippen LogP contribution in [0.4, 0.5) is 0 Å². The summed E-state index contributed by atoms with van der Waals surface area (Å²) >= 11 is 0. The fourth-order valence-corrected chi connectivity index (χ4v) is 20.0. The third-order valence-corrected chi connectivity index (χ3v) is 25.1. The third-order valence-electron chi connectivity index (χ3n) is 12.5. The van der Waals surface area contributed by atoms with Crippen LogP contribution >= 0.6 is 0 Å². The molecule has 0 saturated carbocycles. The number of benzene rings is 4. The van der Waals surface area contributed by atoms with Gasteiger partial charge in [0.25, 0.3) is 0 Å². The first-order valence-corrected chi connectivity index (χ1v) is 26.3. The Hall–Kier alpha value is -5.67. The van der Waals surface area contributed by atoms with Gasteiger partial charge in [0, 0.05) is 11.1 Å². The van der Waals surface area contributed by atoms with E-state index in [2.05, 4.69) is 239 Å². The SMILES string of the molecule is CC(C)[Si](C#CC(C#C[Si](C(C)C)(C(C)C)C(C)C)=C1C#CC(=C(c2ccccc2)c2ccccc2)C#CC(=C(c2ccccc2)c2ccccc2)C#C1)(C(C)C)C(C)C. The van der Waals surface area contributed by atoms with Crippen LogP contribution in [0.5, 0.6) is 0 Å². The van der Waals surface area contributed by atoms with Gasteiger partial charge < -0.3 is 0 Å². The Bertz CT molecular complexity index is 2230. The van der Waals surface area contributed by atoms with E-state index in [-0.39, 0.29) is 0 Å². The average molecular weight is 815 g/mol. The Morgan fingerprint density at radius 2 is 0.550 bits per heavy atom. The molecule has 0 amide bonds. The second-order valence-corrected chi connectivity index (χ2v) is 28.9. The fraction of sp³-hybridized carbons (Fsp3) is 0.310. The van der Waals surface area contributed by atoms with E-state index in [1.165, 1.54) is 0 Å². The first-order chi connectivity index (χ1) is 28.7. The highest BCUT2D eigenvalue weighted by Crippen LogP contribution is 2.42. The summed E-state index contributed by atoms with van der Waals surface area (Å²) in [4.78, 5) is 0. The van der Waals surface area contributed by atoms with Gasteiger partial charge in [-0.3, -0.25) is 0 Å². The molecule has 4 aromatic rings. The smallest absolute Gasteiger partial charge is 0.124 e. The van der Waals surface area contributed by atoms with Gasteiger partial charge in [-0.2, -0.15) is 0 Å². The molecule has 0 bridgehead atoms. The maximum Gasteiger partial charge on any atom is 0.146 e. The Balaban J connectivity index is 2.04. The molecule has 0 N–H and O–H groups in total. The van der Waals surface area contributed by atoms with Gasteiger partial charge in [-0.15, -0.1) is 11.1 Å². The van der Waals surface area contributed by atoms with Crippen molar-refractivity contribution in [3.05, 3.63) is 166 Å². The van der Waals surface area contributed by atoms with Crippen molar-refractivity contribution in [3.8, 4) is 58.5 Å². The minimum Gasteiger partial charge on any atom is -0.124 e. The Labute approximate surface area is 366 Å². The van der Waals surface area contributed by atoms with Gasteiger partial charge in [-0.25, -0.2) is 0 Å². The van der Waals surface area contributed by atoms with E-state index >= 15 is 0 Å². The molecule has 0 spiro atoms. The van der Waals surface area contributed by atoms with Crippen LogP contribution in [-0.4, -0.2) is 16.1 Å². The van der Waals surface area contributed by atoms with E-state index in [4.69, 9.17) is 0 Å². The van der Waals surface area contributed by atoms with E-state index in [9.17, 15) is 0 Å².